The lowest BCUT2D eigenvalue weighted by molar-refractivity contribution is -0.127. The molecule has 0 saturated carbocycles. The zero-order valence-corrected chi connectivity index (χ0v) is 14.9. The molecule has 0 bridgehead atoms. The first-order valence-corrected chi connectivity index (χ1v) is 8.01. The van der Waals surface area contributed by atoms with Crippen molar-refractivity contribution in [1.29, 1.82) is 0 Å². The minimum Gasteiger partial charge on any atom is -0.481 e. The van der Waals surface area contributed by atoms with Gasteiger partial charge >= 0.3 is 0 Å². The summed E-state index contributed by atoms with van der Waals surface area (Å²) in [5, 5.41) is 6.80. The number of hydrogen-bond acceptors (Lipinski definition) is 3. The molecule has 24 heavy (non-hydrogen) atoms. The normalized spacial score (nSPS) is 13.6. The molecule has 0 fully saturated rings. The van der Waals surface area contributed by atoms with Gasteiger partial charge in [-0.05, 0) is 41.8 Å². The maximum atomic E-state index is 12.2. The highest BCUT2D eigenvalue weighted by Gasteiger charge is 2.15. The second-order valence-corrected chi connectivity index (χ2v) is 6.08. The summed E-state index contributed by atoms with van der Waals surface area (Å²) in [6.07, 6.45) is -0.579. The van der Waals surface area contributed by atoms with E-state index in [4.69, 9.17) is 16.3 Å². The molecule has 1 atom stereocenters. The first kappa shape index (κ1) is 18.6. The number of carbonyl (C=O) groups excluding carboxylic acids is 1. The van der Waals surface area contributed by atoms with Crippen LogP contribution in [-0.4, -0.2) is 12.0 Å². The molecule has 4 nitrogen and oxygen atoms in total. The van der Waals surface area contributed by atoms with Crippen LogP contribution in [0.25, 0.3) is 0 Å². The highest BCUT2D eigenvalue weighted by atomic mass is 35.5. The predicted octanol–water partition coefficient (Wildman–Crippen LogP) is 3.45. The number of nitrogens with one attached hydrogen (secondary N) is 2. The number of fused-ring (bicyclic) bond motifs is 1. The van der Waals surface area contributed by atoms with E-state index in [0.29, 0.717) is 17.3 Å². The smallest absolute Gasteiger partial charge is 0.261 e. The third-order valence-corrected chi connectivity index (χ3v) is 4.08. The first-order chi connectivity index (χ1) is 11.1. The Kier molecular flexibility index (Phi) is 6.49. The Bertz CT molecular complexity index is 722. The second kappa shape index (κ2) is 8.38. The fourth-order valence-corrected chi connectivity index (χ4v) is 2.77. The fourth-order valence-electron chi connectivity index (χ4n) is 2.59. The van der Waals surface area contributed by atoms with Gasteiger partial charge in [-0.2, -0.15) is 0 Å². The summed E-state index contributed by atoms with van der Waals surface area (Å²) in [6, 6.07) is 13.3. The number of hydrogen-bond donors (Lipinski definition) is 2. The molecule has 2 N–H and O–H groups in total. The summed E-state index contributed by atoms with van der Waals surface area (Å²) in [5.41, 5.74) is 3.73. The minimum absolute atomic E-state index is 0. The molecule has 128 valence electrons. The van der Waals surface area contributed by atoms with Crippen molar-refractivity contribution >= 4 is 29.9 Å². The molecule has 1 aliphatic rings. The van der Waals surface area contributed by atoms with E-state index in [-0.39, 0.29) is 18.3 Å². The fraction of sp³-hybridized carbons (Fsp3) is 0.278. The standard InChI is InChI=1S/C18H19ClN2O2.ClH/c1-12(23-17-4-2-3-16(19)8-17)18(22)21-9-13-5-6-14-10-20-11-15(14)7-13;/h2-8,12,20H,9-11H2,1H3,(H,21,22);1H. The van der Waals surface area contributed by atoms with Gasteiger partial charge in [-0.3, -0.25) is 4.79 Å². The maximum absolute atomic E-state index is 12.2. The predicted molar refractivity (Wildman–Crippen MR) is 97.6 cm³/mol. The molecule has 3 rings (SSSR count). The number of amides is 1. The Labute approximate surface area is 153 Å². The van der Waals surface area contributed by atoms with Gasteiger partial charge in [0.15, 0.2) is 6.10 Å². The van der Waals surface area contributed by atoms with Gasteiger partial charge in [0.05, 0.1) is 0 Å². The van der Waals surface area contributed by atoms with Crippen molar-refractivity contribution in [2.75, 3.05) is 0 Å². The molecule has 1 heterocycles. The van der Waals surface area contributed by atoms with Gasteiger partial charge in [0, 0.05) is 24.7 Å². The van der Waals surface area contributed by atoms with E-state index >= 15 is 0 Å². The van der Waals surface area contributed by atoms with E-state index in [1.165, 1.54) is 11.1 Å². The summed E-state index contributed by atoms with van der Waals surface area (Å²) < 4.78 is 5.61. The molecule has 0 aliphatic carbocycles. The van der Waals surface area contributed by atoms with Crippen molar-refractivity contribution in [3.05, 3.63) is 64.2 Å². The summed E-state index contributed by atoms with van der Waals surface area (Å²) in [4.78, 5) is 12.2. The summed E-state index contributed by atoms with van der Waals surface area (Å²) in [5.74, 6) is 0.437. The average molecular weight is 367 g/mol. The Morgan fingerprint density at radius 2 is 2.04 bits per heavy atom. The lowest BCUT2D eigenvalue weighted by Gasteiger charge is -2.15. The van der Waals surface area contributed by atoms with Gasteiger partial charge in [0.25, 0.3) is 5.91 Å². The van der Waals surface area contributed by atoms with E-state index in [9.17, 15) is 4.79 Å². The Morgan fingerprint density at radius 3 is 2.83 bits per heavy atom. The van der Waals surface area contributed by atoms with Gasteiger partial charge in [-0.15, -0.1) is 12.4 Å². The molecule has 0 aromatic heterocycles. The molecule has 6 heteroatoms. The molecule has 0 radical (unpaired) electrons. The summed E-state index contributed by atoms with van der Waals surface area (Å²) in [6.45, 7) is 4.04. The number of carbonyl (C=O) groups is 1. The molecule has 1 unspecified atom stereocenters. The molecule has 2 aromatic rings. The first-order valence-electron chi connectivity index (χ1n) is 7.63. The summed E-state index contributed by atoms with van der Waals surface area (Å²) >= 11 is 5.91. The van der Waals surface area contributed by atoms with Gasteiger partial charge in [-0.25, -0.2) is 0 Å². The van der Waals surface area contributed by atoms with Crippen LogP contribution in [-0.2, 0) is 24.4 Å². The molecule has 0 saturated heterocycles. The zero-order chi connectivity index (χ0) is 16.2. The third kappa shape index (κ3) is 4.63. The Balaban J connectivity index is 0.00000208. The Morgan fingerprint density at radius 1 is 1.25 bits per heavy atom. The van der Waals surface area contributed by atoms with Crippen LogP contribution in [0.5, 0.6) is 5.75 Å². The molecule has 1 amide bonds. The van der Waals surface area contributed by atoms with Gasteiger partial charge in [0.1, 0.15) is 5.75 Å². The van der Waals surface area contributed by atoms with Crippen molar-refractivity contribution in [2.45, 2.75) is 32.7 Å². The highest BCUT2D eigenvalue weighted by molar-refractivity contribution is 6.30. The van der Waals surface area contributed by atoms with Crippen LogP contribution in [0, 0.1) is 0 Å². The van der Waals surface area contributed by atoms with Crippen LogP contribution >= 0.6 is 24.0 Å². The maximum Gasteiger partial charge on any atom is 0.261 e. The lowest BCUT2D eigenvalue weighted by atomic mass is 10.1. The largest absolute Gasteiger partial charge is 0.481 e. The average Bonchev–Trinajstić information content (AvgIpc) is 3.00. The van der Waals surface area contributed by atoms with Gasteiger partial charge < -0.3 is 15.4 Å². The highest BCUT2D eigenvalue weighted by Crippen LogP contribution is 2.19. The van der Waals surface area contributed by atoms with Crippen LogP contribution in [0.1, 0.15) is 23.6 Å². The van der Waals surface area contributed by atoms with Crippen LogP contribution < -0.4 is 15.4 Å². The molecule has 1 aliphatic heterocycles. The van der Waals surface area contributed by atoms with E-state index < -0.39 is 6.10 Å². The van der Waals surface area contributed by atoms with E-state index in [0.717, 1.165) is 18.7 Å². The Hall–Kier alpha value is -1.75. The molecule has 0 spiro atoms. The lowest BCUT2D eigenvalue weighted by Crippen LogP contribution is -2.35. The van der Waals surface area contributed by atoms with E-state index in [1.807, 2.05) is 0 Å². The number of rotatable bonds is 5. The number of halogens is 2. The second-order valence-electron chi connectivity index (χ2n) is 5.64. The van der Waals surface area contributed by atoms with Crippen molar-refractivity contribution in [3.63, 3.8) is 0 Å². The van der Waals surface area contributed by atoms with Gasteiger partial charge in [-0.1, -0.05) is 35.9 Å². The van der Waals surface area contributed by atoms with Crippen LogP contribution in [0.15, 0.2) is 42.5 Å². The van der Waals surface area contributed by atoms with E-state index in [2.05, 4.69) is 28.8 Å². The SMILES string of the molecule is CC(Oc1cccc(Cl)c1)C(=O)NCc1ccc2c(c1)CNC2.Cl. The van der Waals surface area contributed by atoms with Crippen molar-refractivity contribution in [1.82, 2.24) is 10.6 Å². The summed E-state index contributed by atoms with van der Waals surface area (Å²) in [7, 11) is 0. The monoisotopic (exact) mass is 366 g/mol. The van der Waals surface area contributed by atoms with Gasteiger partial charge in [0.2, 0.25) is 0 Å². The van der Waals surface area contributed by atoms with Crippen molar-refractivity contribution in [3.8, 4) is 5.75 Å². The van der Waals surface area contributed by atoms with Crippen molar-refractivity contribution < 1.29 is 9.53 Å². The third-order valence-electron chi connectivity index (χ3n) is 3.85. The van der Waals surface area contributed by atoms with Crippen LogP contribution in [0.2, 0.25) is 5.02 Å². The number of ether oxygens (including phenoxy) is 1. The molecule has 2 aromatic carbocycles. The molecular formula is C18H20Cl2N2O2. The minimum atomic E-state index is -0.579. The van der Waals surface area contributed by atoms with Crippen molar-refractivity contribution in [2.24, 2.45) is 0 Å². The molecular weight excluding hydrogens is 347 g/mol. The zero-order valence-electron chi connectivity index (χ0n) is 13.3. The number of benzene rings is 2. The quantitative estimate of drug-likeness (QED) is 0.851. The van der Waals surface area contributed by atoms with Crippen LogP contribution in [0.4, 0.5) is 0 Å². The van der Waals surface area contributed by atoms with E-state index in [1.54, 1.807) is 31.2 Å². The van der Waals surface area contributed by atoms with Crippen LogP contribution in [0.3, 0.4) is 0 Å². The topological polar surface area (TPSA) is 50.4 Å².